The zero-order valence-electron chi connectivity index (χ0n) is 12.9. The molecular weight excluding hydrogens is 272 g/mol. The third-order valence-electron chi connectivity index (χ3n) is 3.67. The SMILES string of the molecule is COc1cc(C(=O)N2CCNC[C@@H]2C)cc(OC)c1OC. The van der Waals surface area contributed by atoms with Gasteiger partial charge in [0, 0.05) is 31.2 Å². The summed E-state index contributed by atoms with van der Waals surface area (Å²) in [6.45, 7) is 4.33. The summed E-state index contributed by atoms with van der Waals surface area (Å²) >= 11 is 0. The fraction of sp³-hybridized carbons (Fsp3) is 0.533. The van der Waals surface area contributed by atoms with Crippen molar-refractivity contribution in [2.24, 2.45) is 0 Å². The van der Waals surface area contributed by atoms with Gasteiger partial charge < -0.3 is 24.4 Å². The Bertz CT molecular complexity index is 493. The van der Waals surface area contributed by atoms with Gasteiger partial charge in [-0.15, -0.1) is 0 Å². The molecule has 1 saturated heterocycles. The van der Waals surface area contributed by atoms with E-state index in [2.05, 4.69) is 5.32 Å². The predicted molar refractivity (Wildman–Crippen MR) is 79.5 cm³/mol. The molecule has 6 heteroatoms. The van der Waals surface area contributed by atoms with E-state index in [1.54, 1.807) is 33.5 Å². The molecule has 1 N–H and O–H groups in total. The highest BCUT2D eigenvalue weighted by atomic mass is 16.5. The molecule has 0 aliphatic carbocycles. The Morgan fingerprint density at radius 1 is 1.19 bits per heavy atom. The topological polar surface area (TPSA) is 60.0 Å². The first-order valence-electron chi connectivity index (χ1n) is 6.94. The fourth-order valence-electron chi connectivity index (χ4n) is 2.51. The Kier molecular flexibility index (Phi) is 4.90. The Morgan fingerprint density at radius 3 is 2.29 bits per heavy atom. The van der Waals surface area contributed by atoms with Crippen LogP contribution < -0.4 is 19.5 Å². The highest BCUT2D eigenvalue weighted by molar-refractivity contribution is 5.96. The second kappa shape index (κ2) is 6.67. The summed E-state index contributed by atoms with van der Waals surface area (Å²) in [7, 11) is 4.62. The first kappa shape index (κ1) is 15.4. The molecule has 21 heavy (non-hydrogen) atoms. The Hall–Kier alpha value is -1.95. The van der Waals surface area contributed by atoms with Crippen LogP contribution >= 0.6 is 0 Å². The number of hydrogen-bond donors (Lipinski definition) is 1. The van der Waals surface area contributed by atoms with Crippen LogP contribution in [0.25, 0.3) is 0 Å². The average molecular weight is 294 g/mol. The van der Waals surface area contributed by atoms with Crippen molar-refractivity contribution in [3.8, 4) is 17.2 Å². The first-order chi connectivity index (χ1) is 10.1. The van der Waals surface area contributed by atoms with Crippen molar-refractivity contribution in [1.82, 2.24) is 10.2 Å². The highest BCUT2D eigenvalue weighted by Gasteiger charge is 2.26. The maximum absolute atomic E-state index is 12.7. The van der Waals surface area contributed by atoms with Crippen LogP contribution in [0.5, 0.6) is 17.2 Å². The summed E-state index contributed by atoms with van der Waals surface area (Å²) < 4.78 is 15.9. The lowest BCUT2D eigenvalue weighted by atomic mass is 10.1. The molecule has 0 radical (unpaired) electrons. The van der Waals surface area contributed by atoms with Crippen molar-refractivity contribution in [2.75, 3.05) is 41.0 Å². The summed E-state index contributed by atoms with van der Waals surface area (Å²) in [6, 6.07) is 3.54. The lowest BCUT2D eigenvalue weighted by molar-refractivity contribution is 0.0655. The summed E-state index contributed by atoms with van der Waals surface area (Å²) in [6.07, 6.45) is 0. The van der Waals surface area contributed by atoms with Crippen LogP contribution in [-0.4, -0.2) is 57.8 Å². The van der Waals surface area contributed by atoms with Crippen LogP contribution in [0.3, 0.4) is 0 Å². The van der Waals surface area contributed by atoms with Crippen molar-refractivity contribution >= 4 is 5.91 Å². The molecule has 1 fully saturated rings. The minimum absolute atomic E-state index is 0.0248. The van der Waals surface area contributed by atoms with E-state index in [-0.39, 0.29) is 11.9 Å². The molecule has 6 nitrogen and oxygen atoms in total. The second-order valence-corrected chi connectivity index (χ2v) is 4.97. The van der Waals surface area contributed by atoms with Crippen molar-refractivity contribution in [1.29, 1.82) is 0 Å². The molecule has 0 aromatic heterocycles. The largest absolute Gasteiger partial charge is 0.493 e. The van der Waals surface area contributed by atoms with E-state index in [1.165, 1.54) is 0 Å². The zero-order valence-corrected chi connectivity index (χ0v) is 12.9. The van der Waals surface area contributed by atoms with E-state index in [1.807, 2.05) is 11.8 Å². The Labute approximate surface area is 125 Å². The van der Waals surface area contributed by atoms with Gasteiger partial charge in [-0.25, -0.2) is 0 Å². The van der Waals surface area contributed by atoms with E-state index in [9.17, 15) is 4.79 Å². The molecule has 0 spiro atoms. The Balaban J connectivity index is 2.36. The summed E-state index contributed by atoms with van der Waals surface area (Å²) in [5.74, 6) is 1.44. The molecule has 1 atom stereocenters. The van der Waals surface area contributed by atoms with E-state index in [4.69, 9.17) is 14.2 Å². The van der Waals surface area contributed by atoms with Gasteiger partial charge in [0.2, 0.25) is 5.75 Å². The molecule has 1 aliphatic heterocycles. The van der Waals surface area contributed by atoms with Crippen molar-refractivity contribution in [2.45, 2.75) is 13.0 Å². The lowest BCUT2D eigenvalue weighted by Gasteiger charge is -2.34. The van der Waals surface area contributed by atoms with Crippen molar-refractivity contribution < 1.29 is 19.0 Å². The number of amides is 1. The van der Waals surface area contributed by atoms with E-state index in [0.717, 1.165) is 13.1 Å². The number of carbonyl (C=O) groups excluding carboxylic acids is 1. The molecular formula is C15H22N2O4. The molecule has 1 amide bonds. The summed E-state index contributed by atoms with van der Waals surface area (Å²) in [5.41, 5.74) is 0.540. The van der Waals surface area contributed by atoms with Crippen molar-refractivity contribution in [3.63, 3.8) is 0 Å². The van der Waals surface area contributed by atoms with Crippen LogP contribution in [0.15, 0.2) is 12.1 Å². The lowest BCUT2D eigenvalue weighted by Crippen LogP contribution is -2.52. The fourth-order valence-corrected chi connectivity index (χ4v) is 2.51. The number of benzene rings is 1. The van der Waals surface area contributed by atoms with Gasteiger partial charge in [-0.3, -0.25) is 4.79 Å². The van der Waals surface area contributed by atoms with Gasteiger partial charge in [0.1, 0.15) is 0 Å². The van der Waals surface area contributed by atoms with Gasteiger partial charge in [-0.1, -0.05) is 0 Å². The first-order valence-corrected chi connectivity index (χ1v) is 6.94. The molecule has 1 heterocycles. The molecule has 0 unspecified atom stereocenters. The van der Waals surface area contributed by atoms with Crippen LogP contribution in [0.2, 0.25) is 0 Å². The maximum Gasteiger partial charge on any atom is 0.254 e. The summed E-state index contributed by atoms with van der Waals surface area (Å²) in [5, 5.41) is 3.27. The van der Waals surface area contributed by atoms with Crippen LogP contribution in [-0.2, 0) is 0 Å². The number of piperazine rings is 1. The van der Waals surface area contributed by atoms with Crippen LogP contribution in [0.4, 0.5) is 0 Å². The van der Waals surface area contributed by atoms with E-state index < -0.39 is 0 Å². The van der Waals surface area contributed by atoms with Gasteiger partial charge in [-0.2, -0.15) is 0 Å². The maximum atomic E-state index is 12.7. The summed E-state index contributed by atoms with van der Waals surface area (Å²) in [4.78, 5) is 14.6. The quantitative estimate of drug-likeness (QED) is 0.902. The number of hydrogen-bond acceptors (Lipinski definition) is 5. The zero-order chi connectivity index (χ0) is 15.4. The molecule has 1 aliphatic rings. The molecule has 1 aromatic rings. The minimum Gasteiger partial charge on any atom is -0.493 e. The monoisotopic (exact) mass is 294 g/mol. The predicted octanol–water partition coefficient (Wildman–Crippen LogP) is 1.15. The van der Waals surface area contributed by atoms with Gasteiger partial charge in [0.25, 0.3) is 5.91 Å². The van der Waals surface area contributed by atoms with Gasteiger partial charge in [0.15, 0.2) is 11.5 Å². The third kappa shape index (κ3) is 3.05. The molecule has 0 bridgehead atoms. The number of nitrogens with one attached hydrogen (secondary N) is 1. The molecule has 116 valence electrons. The normalized spacial score (nSPS) is 18.3. The number of methoxy groups -OCH3 is 3. The van der Waals surface area contributed by atoms with E-state index >= 15 is 0 Å². The van der Waals surface area contributed by atoms with Crippen LogP contribution in [0, 0.1) is 0 Å². The highest BCUT2D eigenvalue weighted by Crippen LogP contribution is 2.38. The minimum atomic E-state index is -0.0248. The molecule has 1 aromatic carbocycles. The van der Waals surface area contributed by atoms with Gasteiger partial charge in [0.05, 0.1) is 21.3 Å². The van der Waals surface area contributed by atoms with Crippen LogP contribution in [0.1, 0.15) is 17.3 Å². The standard InChI is InChI=1S/C15H22N2O4/c1-10-9-16-5-6-17(10)15(18)11-7-12(19-2)14(21-4)13(8-11)20-3/h7-8,10,16H,5-6,9H2,1-4H3/t10-/m0/s1. The average Bonchev–Trinajstić information content (AvgIpc) is 2.53. The third-order valence-corrected chi connectivity index (χ3v) is 3.67. The molecule has 2 rings (SSSR count). The van der Waals surface area contributed by atoms with Crippen molar-refractivity contribution in [3.05, 3.63) is 17.7 Å². The number of rotatable bonds is 4. The molecule has 0 saturated carbocycles. The smallest absolute Gasteiger partial charge is 0.254 e. The van der Waals surface area contributed by atoms with Gasteiger partial charge >= 0.3 is 0 Å². The second-order valence-electron chi connectivity index (χ2n) is 4.97. The van der Waals surface area contributed by atoms with Gasteiger partial charge in [-0.05, 0) is 19.1 Å². The Morgan fingerprint density at radius 2 is 1.81 bits per heavy atom. The number of ether oxygens (including phenoxy) is 3. The number of nitrogens with zero attached hydrogens (tertiary/aromatic N) is 1. The number of carbonyl (C=O) groups is 1. The van der Waals surface area contributed by atoms with E-state index in [0.29, 0.717) is 29.4 Å².